The molecule has 1 amide bonds. The summed E-state index contributed by atoms with van der Waals surface area (Å²) in [7, 11) is 3.74. The fourth-order valence-corrected chi connectivity index (χ4v) is 2.24. The van der Waals surface area contributed by atoms with E-state index in [4.69, 9.17) is 4.74 Å². The number of rotatable bonds is 3. The molecule has 19 heavy (non-hydrogen) atoms. The Labute approximate surface area is 114 Å². The topological polar surface area (TPSA) is 44.8 Å². The summed E-state index contributed by atoms with van der Waals surface area (Å²) in [5.74, 6) is 0.599. The maximum absolute atomic E-state index is 11.2. The molecule has 1 aromatic carbocycles. The minimum absolute atomic E-state index is 0.0890. The van der Waals surface area contributed by atoms with Crippen LogP contribution in [0.25, 0.3) is 0 Å². The molecular weight excluding hydrogens is 242 g/mol. The first kappa shape index (κ1) is 13.7. The summed E-state index contributed by atoms with van der Waals surface area (Å²) in [4.78, 5) is 15.9. The molecular formula is C14H21N3O2. The number of nitrogens with one attached hydrogen (secondary N) is 1. The third kappa shape index (κ3) is 3.38. The molecule has 1 saturated heterocycles. The van der Waals surface area contributed by atoms with Gasteiger partial charge in [0, 0.05) is 38.8 Å². The summed E-state index contributed by atoms with van der Waals surface area (Å²) in [5.41, 5.74) is 1.85. The number of piperazine rings is 1. The fourth-order valence-electron chi connectivity index (χ4n) is 2.24. The molecule has 5 heteroatoms. The van der Waals surface area contributed by atoms with Crippen LogP contribution < -0.4 is 15.0 Å². The number of hydrogen-bond acceptors (Lipinski definition) is 4. The molecule has 1 aliphatic heterocycles. The van der Waals surface area contributed by atoms with E-state index in [1.807, 2.05) is 18.2 Å². The molecule has 1 aromatic rings. The zero-order valence-corrected chi connectivity index (χ0v) is 11.8. The van der Waals surface area contributed by atoms with Crippen molar-refractivity contribution in [2.75, 3.05) is 50.6 Å². The summed E-state index contributed by atoms with van der Waals surface area (Å²) >= 11 is 0. The van der Waals surface area contributed by atoms with Crippen molar-refractivity contribution in [2.45, 2.75) is 6.92 Å². The Morgan fingerprint density at radius 1 is 1.26 bits per heavy atom. The third-order valence-electron chi connectivity index (χ3n) is 3.36. The standard InChI is InChI=1S/C14H21N3O2/c1-11(18)15-13-10-12(4-5-14(13)19-3)17-8-6-16(2)7-9-17/h4-5,10H,6-9H2,1-3H3,(H,15,18). The highest BCUT2D eigenvalue weighted by Gasteiger charge is 2.16. The van der Waals surface area contributed by atoms with E-state index in [0.717, 1.165) is 37.6 Å². The fraction of sp³-hybridized carbons (Fsp3) is 0.500. The molecule has 1 heterocycles. The molecule has 0 saturated carbocycles. The highest BCUT2D eigenvalue weighted by molar-refractivity contribution is 5.91. The highest BCUT2D eigenvalue weighted by atomic mass is 16.5. The van der Waals surface area contributed by atoms with Crippen LogP contribution in [0.15, 0.2) is 18.2 Å². The maximum atomic E-state index is 11.2. The lowest BCUT2D eigenvalue weighted by molar-refractivity contribution is -0.114. The smallest absolute Gasteiger partial charge is 0.221 e. The van der Waals surface area contributed by atoms with Gasteiger partial charge in [0.15, 0.2) is 0 Å². The first-order valence-corrected chi connectivity index (χ1v) is 6.49. The van der Waals surface area contributed by atoms with Gasteiger partial charge >= 0.3 is 0 Å². The van der Waals surface area contributed by atoms with Crippen molar-refractivity contribution in [2.24, 2.45) is 0 Å². The second-order valence-electron chi connectivity index (χ2n) is 4.86. The second kappa shape index (κ2) is 5.93. The van der Waals surface area contributed by atoms with E-state index in [0.29, 0.717) is 5.75 Å². The Bertz CT molecular complexity index is 454. The number of hydrogen-bond donors (Lipinski definition) is 1. The van der Waals surface area contributed by atoms with E-state index in [9.17, 15) is 4.79 Å². The van der Waals surface area contributed by atoms with Gasteiger partial charge in [0.05, 0.1) is 12.8 Å². The number of amides is 1. The van der Waals surface area contributed by atoms with Gasteiger partial charge in [-0.05, 0) is 25.2 Å². The van der Waals surface area contributed by atoms with Crippen molar-refractivity contribution in [3.8, 4) is 5.75 Å². The van der Waals surface area contributed by atoms with E-state index in [-0.39, 0.29) is 5.91 Å². The van der Waals surface area contributed by atoms with Gasteiger partial charge in [-0.25, -0.2) is 0 Å². The second-order valence-corrected chi connectivity index (χ2v) is 4.86. The van der Waals surface area contributed by atoms with Crippen LogP contribution in [-0.2, 0) is 4.79 Å². The summed E-state index contributed by atoms with van der Waals surface area (Å²) in [6.45, 7) is 5.62. The zero-order chi connectivity index (χ0) is 13.8. The Hall–Kier alpha value is -1.75. The molecule has 1 fully saturated rings. The van der Waals surface area contributed by atoms with Gasteiger partial charge in [-0.3, -0.25) is 4.79 Å². The number of carbonyl (C=O) groups excluding carboxylic acids is 1. The molecule has 0 radical (unpaired) electrons. The van der Waals surface area contributed by atoms with Gasteiger partial charge in [-0.15, -0.1) is 0 Å². The molecule has 104 valence electrons. The minimum atomic E-state index is -0.0890. The van der Waals surface area contributed by atoms with Crippen LogP contribution in [0.5, 0.6) is 5.75 Å². The quantitative estimate of drug-likeness (QED) is 0.895. The van der Waals surface area contributed by atoms with Gasteiger partial charge in [-0.1, -0.05) is 0 Å². The number of ether oxygens (including phenoxy) is 1. The third-order valence-corrected chi connectivity index (χ3v) is 3.36. The van der Waals surface area contributed by atoms with Crippen LogP contribution in [0.3, 0.4) is 0 Å². The number of anilines is 2. The number of carbonyl (C=O) groups is 1. The van der Waals surface area contributed by atoms with Gasteiger partial charge < -0.3 is 19.9 Å². The average molecular weight is 263 g/mol. The van der Waals surface area contributed by atoms with E-state index in [1.54, 1.807) is 7.11 Å². The van der Waals surface area contributed by atoms with Crippen molar-refractivity contribution >= 4 is 17.3 Å². The van der Waals surface area contributed by atoms with Gasteiger partial charge in [0.25, 0.3) is 0 Å². The number of likely N-dealkylation sites (N-methyl/N-ethyl adjacent to an activating group) is 1. The largest absolute Gasteiger partial charge is 0.495 e. The number of nitrogens with zero attached hydrogens (tertiary/aromatic N) is 2. The maximum Gasteiger partial charge on any atom is 0.221 e. The van der Waals surface area contributed by atoms with Gasteiger partial charge in [-0.2, -0.15) is 0 Å². The molecule has 0 bridgehead atoms. The molecule has 0 aromatic heterocycles. The van der Waals surface area contributed by atoms with Crippen LogP contribution in [0, 0.1) is 0 Å². The average Bonchev–Trinajstić information content (AvgIpc) is 2.39. The van der Waals surface area contributed by atoms with Crippen LogP contribution in [0.4, 0.5) is 11.4 Å². The monoisotopic (exact) mass is 263 g/mol. The predicted octanol–water partition coefficient (Wildman–Crippen LogP) is 1.41. The van der Waals surface area contributed by atoms with Crippen LogP contribution >= 0.6 is 0 Å². The number of benzene rings is 1. The molecule has 0 spiro atoms. The first-order valence-electron chi connectivity index (χ1n) is 6.49. The summed E-state index contributed by atoms with van der Waals surface area (Å²) < 4.78 is 5.26. The normalized spacial score (nSPS) is 16.3. The minimum Gasteiger partial charge on any atom is -0.495 e. The van der Waals surface area contributed by atoms with Crippen molar-refractivity contribution < 1.29 is 9.53 Å². The molecule has 2 rings (SSSR count). The summed E-state index contributed by atoms with van der Waals surface area (Å²) in [6, 6.07) is 5.92. The van der Waals surface area contributed by atoms with Crippen molar-refractivity contribution in [3.05, 3.63) is 18.2 Å². The molecule has 1 N–H and O–H groups in total. The lowest BCUT2D eigenvalue weighted by Gasteiger charge is -2.34. The van der Waals surface area contributed by atoms with Gasteiger partial charge in [0.2, 0.25) is 5.91 Å². The van der Waals surface area contributed by atoms with E-state index in [1.165, 1.54) is 6.92 Å². The van der Waals surface area contributed by atoms with E-state index in [2.05, 4.69) is 22.2 Å². The molecule has 1 aliphatic rings. The summed E-state index contributed by atoms with van der Waals surface area (Å²) in [6.07, 6.45) is 0. The predicted molar refractivity (Wildman–Crippen MR) is 77.0 cm³/mol. The Morgan fingerprint density at radius 3 is 2.53 bits per heavy atom. The van der Waals surface area contributed by atoms with E-state index < -0.39 is 0 Å². The first-order chi connectivity index (χ1) is 9.10. The highest BCUT2D eigenvalue weighted by Crippen LogP contribution is 2.30. The number of methoxy groups -OCH3 is 1. The molecule has 0 atom stereocenters. The zero-order valence-electron chi connectivity index (χ0n) is 11.8. The van der Waals surface area contributed by atoms with Crippen LogP contribution in [-0.4, -0.2) is 51.1 Å². The van der Waals surface area contributed by atoms with Crippen LogP contribution in [0.1, 0.15) is 6.92 Å². The van der Waals surface area contributed by atoms with Gasteiger partial charge in [0.1, 0.15) is 5.75 Å². The lowest BCUT2D eigenvalue weighted by atomic mass is 10.2. The summed E-state index contributed by atoms with van der Waals surface area (Å²) in [5, 5.41) is 2.81. The van der Waals surface area contributed by atoms with E-state index >= 15 is 0 Å². The Morgan fingerprint density at radius 2 is 1.95 bits per heavy atom. The Balaban J connectivity index is 2.19. The lowest BCUT2D eigenvalue weighted by Crippen LogP contribution is -2.44. The van der Waals surface area contributed by atoms with Crippen molar-refractivity contribution in [1.29, 1.82) is 0 Å². The molecule has 5 nitrogen and oxygen atoms in total. The van der Waals surface area contributed by atoms with Crippen LogP contribution in [0.2, 0.25) is 0 Å². The SMILES string of the molecule is COc1ccc(N2CCN(C)CC2)cc1NC(C)=O. The van der Waals surface area contributed by atoms with Crippen molar-refractivity contribution in [3.63, 3.8) is 0 Å². The molecule has 0 unspecified atom stereocenters. The van der Waals surface area contributed by atoms with Crippen molar-refractivity contribution in [1.82, 2.24) is 4.90 Å². The Kier molecular flexibility index (Phi) is 4.27. The molecule has 0 aliphatic carbocycles.